The fraction of sp³-hybridized carbons (Fsp3) is 0.588. The van der Waals surface area contributed by atoms with Crippen LogP contribution in [0.4, 0.5) is 10.1 Å². The summed E-state index contributed by atoms with van der Waals surface area (Å²) in [7, 11) is 0. The fourth-order valence-corrected chi connectivity index (χ4v) is 3.01. The zero-order valence-corrected chi connectivity index (χ0v) is 12.7. The molecular formula is C17H24FNO. The number of carbonyl (C=O) groups is 1. The lowest BCUT2D eigenvalue weighted by Crippen LogP contribution is -2.37. The van der Waals surface area contributed by atoms with Gasteiger partial charge in [0.15, 0.2) is 5.78 Å². The number of nitrogens with zero attached hydrogens (tertiary/aromatic N) is 1. The van der Waals surface area contributed by atoms with E-state index >= 15 is 0 Å². The zero-order valence-electron chi connectivity index (χ0n) is 12.7. The molecule has 0 amide bonds. The molecule has 20 heavy (non-hydrogen) atoms. The topological polar surface area (TPSA) is 20.3 Å². The van der Waals surface area contributed by atoms with E-state index in [0.717, 1.165) is 19.4 Å². The number of hydrogen-bond acceptors (Lipinski definition) is 2. The molecule has 0 atom stereocenters. The average Bonchev–Trinajstić information content (AvgIpc) is 2.89. The highest BCUT2D eigenvalue weighted by atomic mass is 19.1. The number of halogens is 1. The Hall–Kier alpha value is -1.38. The van der Waals surface area contributed by atoms with E-state index in [1.165, 1.54) is 25.8 Å². The summed E-state index contributed by atoms with van der Waals surface area (Å²) in [5, 5.41) is 0. The SMILES string of the molecule is CC(=O)c1ccc(N(CC(C)C)C2CCCC2)c(F)c1. The lowest BCUT2D eigenvalue weighted by molar-refractivity contribution is 0.101. The lowest BCUT2D eigenvalue weighted by atomic mass is 10.1. The van der Waals surface area contributed by atoms with Crippen molar-refractivity contribution in [3.05, 3.63) is 29.6 Å². The molecular weight excluding hydrogens is 253 g/mol. The smallest absolute Gasteiger partial charge is 0.159 e. The van der Waals surface area contributed by atoms with Crippen molar-refractivity contribution in [3.8, 4) is 0 Å². The van der Waals surface area contributed by atoms with Crippen molar-refractivity contribution < 1.29 is 9.18 Å². The molecule has 0 saturated heterocycles. The summed E-state index contributed by atoms with van der Waals surface area (Å²) in [6.45, 7) is 6.64. The van der Waals surface area contributed by atoms with Crippen LogP contribution in [0, 0.1) is 11.7 Å². The predicted octanol–water partition coefficient (Wildman–Crippen LogP) is 4.43. The lowest BCUT2D eigenvalue weighted by Gasteiger charge is -2.33. The van der Waals surface area contributed by atoms with Gasteiger partial charge in [0.25, 0.3) is 0 Å². The molecule has 3 heteroatoms. The van der Waals surface area contributed by atoms with Gasteiger partial charge in [-0.25, -0.2) is 4.39 Å². The molecule has 0 heterocycles. The first-order valence-electron chi connectivity index (χ1n) is 7.56. The van der Waals surface area contributed by atoms with Crippen LogP contribution in [0.2, 0.25) is 0 Å². The Morgan fingerprint density at radius 3 is 2.50 bits per heavy atom. The molecule has 1 saturated carbocycles. The summed E-state index contributed by atoms with van der Waals surface area (Å²) < 4.78 is 14.4. The van der Waals surface area contributed by atoms with Gasteiger partial charge < -0.3 is 4.90 Å². The van der Waals surface area contributed by atoms with Gasteiger partial charge in [0.05, 0.1) is 5.69 Å². The highest BCUT2D eigenvalue weighted by Crippen LogP contribution is 2.31. The second-order valence-electron chi connectivity index (χ2n) is 6.21. The van der Waals surface area contributed by atoms with E-state index in [0.29, 0.717) is 23.2 Å². The Morgan fingerprint density at radius 1 is 1.35 bits per heavy atom. The first kappa shape index (κ1) is 15.0. The Bertz CT molecular complexity index is 478. The predicted molar refractivity (Wildman–Crippen MR) is 80.8 cm³/mol. The van der Waals surface area contributed by atoms with E-state index in [9.17, 15) is 9.18 Å². The molecule has 0 unspecified atom stereocenters. The first-order chi connectivity index (χ1) is 9.49. The third-order valence-electron chi connectivity index (χ3n) is 3.99. The highest BCUT2D eigenvalue weighted by molar-refractivity contribution is 5.94. The van der Waals surface area contributed by atoms with Crippen LogP contribution in [0.15, 0.2) is 18.2 Å². The van der Waals surface area contributed by atoms with Crippen molar-refractivity contribution in [3.63, 3.8) is 0 Å². The van der Waals surface area contributed by atoms with E-state index in [2.05, 4.69) is 18.7 Å². The molecule has 2 rings (SSSR count). The van der Waals surface area contributed by atoms with Gasteiger partial charge in [-0.1, -0.05) is 26.7 Å². The number of Topliss-reactive ketones (excluding diaryl/α,β-unsaturated/α-hetero) is 1. The van der Waals surface area contributed by atoms with Crippen molar-refractivity contribution in [2.24, 2.45) is 5.92 Å². The monoisotopic (exact) mass is 277 g/mol. The van der Waals surface area contributed by atoms with Crippen LogP contribution >= 0.6 is 0 Å². The van der Waals surface area contributed by atoms with E-state index < -0.39 is 0 Å². The van der Waals surface area contributed by atoms with E-state index in [1.807, 2.05) is 0 Å². The minimum atomic E-state index is -0.273. The van der Waals surface area contributed by atoms with E-state index in [1.54, 1.807) is 12.1 Å². The largest absolute Gasteiger partial charge is 0.366 e. The first-order valence-corrected chi connectivity index (χ1v) is 7.56. The fourth-order valence-electron chi connectivity index (χ4n) is 3.01. The van der Waals surface area contributed by atoms with Gasteiger partial charge in [-0.05, 0) is 43.9 Å². The van der Waals surface area contributed by atoms with Crippen LogP contribution < -0.4 is 4.90 Å². The number of rotatable bonds is 5. The summed E-state index contributed by atoms with van der Waals surface area (Å²) in [5.41, 5.74) is 1.10. The molecule has 110 valence electrons. The Kier molecular flexibility index (Phi) is 4.79. The maximum absolute atomic E-state index is 14.4. The molecule has 0 aromatic heterocycles. The van der Waals surface area contributed by atoms with Crippen molar-refractivity contribution in [2.75, 3.05) is 11.4 Å². The molecule has 1 aliphatic carbocycles. The molecule has 0 radical (unpaired) electrons. The van der Waals surface area contributed by atoms with E-state index in [4.69, 9.17) is 0 Å². The summed E-state index contributed by atoms with van der Waals surface area (Å²) in [6.07, 6.45) is 4.74. The minimum Gasteiger partial charge on any atom is -0.366 e. The number of carbonyl (C=O) groups excluding carboxylic acids is 1. The summed E-state index contributed by atoms with van der Waals surface area (Å²) in [6, 6.07) is 5.32. The van der Waals surface area contributed by atoms with Crippen molar-refractivity contribution in [1.82, 2.24) is 0 Å². The van der Waals surface area contributed by atoms with Gasteiger partial charge in [0, 0.05) is 18.2 Å². The molecule has 2 nitrogen and oxygen atoms in total. The van der Waals surface area contributed by atoms with Crippen LogP contribution in [0.25, 0.3) is 0 Å². The molecule has 0 bridgehead atoms. The quantitative estimate of drug-likeness (QED) is 0.742. The van der Waals surface area contributed by atoms with E-state index in [-0.39, 0.29) is 11.6 Å². The van der Waals surface area contributed by atoms with Crippen molar-refractivity contribution in [2.45, 2.75) is 52.5 Å². The molecule has 1 aromatic carbocycles. The molecule has 0 N–H and O–H groups in total. The third-order valence-corrected chi connectivity index (χ3v) is 3.99. The van der Waals surface area contributed by atoms with Crippen LogP contribution in [-0.4, -0.2) is 18.4 Å². The third kappa shape index (κ3) is 3.38. The average molecular weight is 277 g/mol. The van der Waals surface area contributed by atoms with Gasteiger partial charge in [-0.15, -0.1) is 0 Å². The Morgan fingerprint density at radius 2 is 2.00 bits per heavy atom. The van der Waals surface area contributed by atoms with Gasteiger partial charge >= 0.3 is 0 Å². The minimum absolute atomic E-state index is 0.0910. The maximum atomic E-state index is 14.4. The Balaban J connectivity index is 2.30. The Labute approximate surface area is 121 Å². The van der Waals surface area contributed by atoms with Gasteiger partial charge in [-0.3, -0.25) is 4.79 Å². The standard InChI is InChI=1S/C17H24FNO/c1-12(2)11-19(15-6-4-5-7-15)17-9-8-14(13(3)20)10-16(17)18/h8-10,12,15H,4-7,11H2,1-3H3. The van der Waals surface area contributed by atoms with Gasteiger partial charge in [-0.2, -0.15) is 0 Å². The summed E-state index contributed by atoms with van der Waals surface area (Å²) >= 11 is 0. The number of hydrogen-bond donors (Lipinski definition) is 0. The second kappa shape index (κ2) is 6.38. The summed E-state index contributed by atoms with van der Waals surface area (Å²) in [4.78, 5) is 13.5. The second-order valence-corrected chi connectivity index (χ2v) is 6.21. The number of benzene rings is 1. The number of anilines is 1. The van der Waals surface area contributed by atoms with Crippen LogP contribution in [0.1, 0.15) is 56.8 Å². The summed E-state index contributed by atoms with van der Waals surface area (Å²) in [5.74, 6) is 0.124. The van der Waals surface area contributed by atoms with Gasteiger partial charge in [0.2, 0.25) is 0 Å². The molecule has 0 spiro atoms. The van der Waals surface area contributed by atoms with Crippen LogP contribution in [-0.2, 0) is 0 Å². The number of ketones is 1. The molecule has 1 fully saturated rings. The van der Waals surface area contributed by atoms with Crippen molar-refractivity contribution >= 4 is 11.5 Å². The normalized spacial score (nSPS) is 15.8. The molecule has 0 aliphatic heterocycles. The highest BCUT2D eigenvalue weighted by Gasteiger charge is 2.25. The van der Waals surface area contributed by atoms with Gasteiger partial charge in [0.1, 0.15) is 5.82 Å². The molecule has 1 aliphatic rings. The van der Waals surface area contributed by atoms with Crippen LogP contribution in [0.3, 0.4) is 0 Å². The maximum Gasteiger partial charge on any atom is 0.159 e. The van der Waals surface area contributed by atoms with Crippen LogP contribution in [0.5, 0.6) is 0 Å². The zero-order chi connectivity index (χ0) is 14.7. The van der Waals surface area contributed by atoms with Crippen molar-refractivity contribution in [1.29, 1.82) is 0 Å². The molecule has 1 aromatic rings.